The van der Waals surface area contributed by atoms with Gasteiger partial charge in [-0.15, -0.1) is 0 Å². The van der Waals surface area contributed by atoms with E-state index >= 15 is 0 Å². The minimum absolute atomic E-state index is 0.00586. The van der Waals surface area contributed by atoms with Crippen molar-refractivity contribution in [1.29, 1.82) is 0 Å². The smallest absolute Gasteiger partial charge is 0.397 e. The van der Waals surface area contributed by atoms with Crippen molar-refractivity contribution in [2.24, 2.45) is 23.7 Å². The van der Waals surface area contributed by atoms with Gasteiger partial charge in [0.15, 0.2) is 12.6 Å². The van der Waals surface area contributed by atoms with Crippen LogP contribution in [0.5, 0.6) is 0 Å². The van der Waals surface area contributed by atoms with E-state index in [9.17, 15) is 43.0 Å². The number of carbonyl (C=O) groups excluding carboxylic acids is 2. The molecule has 19 heteroatoms. The van der Waals surface area contributed by atoms with Crippen LogP contribution < -0.4 is 0 Å². The number of rotatable bonds is 11. The standard InChI is InChI=1S/C38H69NO17S/c1-19-17-37(8,50-13)33(56-35-29(41)25(39(10)11)16-20(2)52-35)22(4)30(55-27-18-36(7,49-12)32(43)24(6)53-27)23(5)34(44)54-26(14-15-51-57(46,47)48)38(9,45)31(42)21(3)28(19)40/h19-27,29-33,35,41-43,45H,14-18H2,1-13H3,(H,46,47,48). The summed E-state index contributed by atoms with van der Waals surface area (Å²) in [6.07, 6.45) is -11.3. The molecule has 5 N–H and O–H groups in total. The number of Topliss-reactive ketones (excluding diaryl/α,β-unsaturated/α-hetero) is 1. The number of hydrogen-bond donors (Lipinski definition) is 5. The van der Waals surface area contributed by atoms with Crippen molar-refractivity contribution in [2.75, 3.05) is 34.9 Å². The van der Waals surface area contributed by atoms with Crippen LogP contribution in [0.4, 0.5) is 0 Å². The number of aliphatic hydroxyl groups excluding tert-OH is 3. The summed E-state index contributed by atoms with van der Waals surface area (Å²) in [7, 11) is 1.63. The van der Waals surface area contributed by atoms with E-state index in [-0.39, 0.29) is 25.0 Å². The fraction of sp³-hybridized carbons (Fsp3) is 0.947. The Kier molecular flexibility index (Phi) is 17.1. The fourth-order valence-electron chi connectivity index (χ4n) is 8.70. The quantitative estimate of drug-likeness (QED) is 0.145. The Bertz CT molecular complexity index is 1450. The Balaban J connectivity index is 2.25. The number of nitrogens with zero attached hydrogens (tertiary/aromatic N) is 1. The van der Waals surface area contributed by atoms with E-state index in [1.54, 1.807) is 34.6 Å². The van der Waals surface area contributed by atoms with Gasteiger partial charge in [0.25, 0.3) is 0 Å². The molecule has 0 aromatic heterocycles. The second-order valence-electron chi connectivity index (χ2n) is 17.3. The van der Waals surface area contributed by atoms with Crippen molar-refractivity contribution in [1.82, 2.24) is 4.90 Å². The van der Waals surface area contributed by atoms with Crippen molar-refractivity contribution in [3.8, 4) is 0 Å². The average Bonchev–Trinajstić information content (AvgIpc) is 3.12. The Hall–Kier alpha value is -1.43. The van der Waals surface area contributed by atoms with Crippen LogP contribution in [0.1, 0.15) is 88.0 Å². The van der Waals surface area contributed by atoms with Gasteiger partial charge in [-0.3, -0.25) is 14.1 Å². The highest BCUT2D eigenvalue weighted by Gasteiger charge is 2.54. The van der Waals surface area contributed by atoms with Crippen LogP contribution in [0.2, 0.25) is 0 Å². The molecule has 3 fully saturated rings. The number of ketones is 1. The Labute approximate surface area is 337 Å². The Morgan fingerprint density at radius 3 is 2.00 bits per heavy atom. The van der Waals surface area contributed by atoms with Crippen LogP contribution in [0.15, 0.2) is 0 Å². The highest BCUT2D eigenvalue weighted by Crippen LogP contribution is 2.42. The largest absolute Gasteiger partial charge is 0.459 e. The van der Waals surface area contributed by atoms with E-state index in [0.29, 0.717) is 6.42 Å². The predicted octanol–water partition coefficient (Wildman–Crippen LogP) is 1.24. The SMILES string of the molecule is COC1(C)CC(OC2C(C)C(=O)OC(CCOS(=O)(=O)O)C(C)(O)C(O)C(C)C(=O)C(C)CC(C)(OC)C(OC3OC(C)CC(N(C)C)C3O)C2C)OC(C)C1O. The summed E-state index contributed by atoms with van der Waals surface area (Å²) >= 11 is 0. The number of ether oxygens (including phenoxy) is 7. The van der Waals surface area contributed by atoms with Gasteiger partial charge < -0.3 is 58.5 Å². The van der Waals surface area contributed by atoms with Gasteiger partial charge in [-0.05, 0) is 68.5 Å². The Morgan fingerprint density at radius 2 is 1.46 bits per heavy atom. The third-order valence-corrected chi connectivity index (χ3v) is 13.0. The van der Waals surface area contributed by atoms with E-state index in [1.807, 2.05) is 25.9 Å². The molecule has 3 saturated heterocycles. The molecule has 18 nitrogen and oxygen atoms in total. The lowest BCUT2D eigenvalue weighted by Crippen LogP contribution is -2.61. The maximum Gasteiger partial charge on any atom is 0.397 e. The van der Waals surface area contributed by atoms with E-state index in [1.165, 1.54) is 28.1 Å². The summed E-state index contributed by atoms with van der Waals surface area (Å²) in [5, 5.41) is 45.9. The van der Waals surface area contributed by atoms with E-state index in [0.717, 1.165) is 6.92 Å². The second kappa shape index (κ2) is 19.5. The molecule has 0 amide bonds. The van der Waals surface area contributed by atoms with E-state index in [4.69, 9.17) is 33.2 Å². The third-order valence-electron chi connectivity index (χ3n) is 12.5. The van der Waals surface area contributed by atoms with Gasteiger partial charge in [0, 0.05) is 50.9 Å². The second-order valence-corrected chi connectivity index (χ2v) is 18.4. The number of hydrogen-bond acceptors (Lipinski definition) is 17. The van der Waals surface area contributed by atoms with Crippen LogP contribution in [0.25, 0.3) is 0 Å². The average molecular weight is 844 g/mol. The van der Waals surface area contributed by atoms with Gasteiger partial charge in [0.1, 0.15) is 29.7 Å². The van der Waals surface area contributed by atoms with Gasteiger partial charge in [-0.2, -0.15) is 8.42 Å². The summed E-state index contributed by atoms with van der Waals surface area (Å²) in [5.41, 5.74) is -4.83. The minimum Gasteiger partial charge on any atom is -0.459 e. The topological polar surface area (TPSA) is 247 Å². The number of methoxy groups -OCH3 is 2. The molecular weight excluding hydrogens is 774 g/mol. The van der Waals surface area contributed by atoms with E-state index < -0.39 is 131 Å². The zero-order chi connectivity index (χ0) is 43.6. The van der Waals surface area contributed by atoms with Gasteiger partial charge in [0.2, 0.25) is 0 Å². The molecule has 0 saturated carbocycles. The summed E-state index contributed by atoms with van der Waals surface area (Å²) < 4.78 is 80.1. The third kappa shape index (κ3) is 11.7. The van der Waals surface area contributed by atoms with Gasteiger partial charge in [-0.1, -0.05) is 20.8 Å². The number of esters is 1. The Morgan fingerprint density at radius 1 is 0.860 bits per heavy atom. The van der Waals surface area contributed by atoms with Crippen molar-refractivity contribution < 1.29 is 80.3 Å². The zero-order valence-electron chi connectivity index (χ0n) is 35.7. The van der Waals surface area contributed by atoms with Gasteiger partial charge >= 0.3 is 16.4 Å². The molecule has 18 atom stereocenters. The number of carbonyl (C=O) groups is 2. The molecule has 0 spiro atoms. The first-order chi connectivity index (χ1) is 26.1. The van der Waals surface area contributed by atoms with Crippen molar-refractivity contribution in [3.63, 3.8) is 0 Å². The maximum absolute atomic E-state index is 14.4. The highest BCUT2D eigenvalue weighted by atomic mass is 32.3. The summed E-state index contributed by atoms with van der Waals surface area (Å²) in [6.45, 7) is 13.6. The first-order valence-electron chi connectivity index (χ1n) is 19.6. The summed E-state index contributed by atoms with van der Waals surface area (Å²) in [6, 6.07) is -0.352. The molecule has 3 aliphatic heterocycles. The van der Waals surface area contributed by atoms with Gasteiger partial charge in [0.05, 0.1) is 54.2 Å². The highest BCUT2D eigenvalue weighted by molar-refractivity contribution is 7.80. The molecule has 18 unspecified atom stereocenters. The molecule has 0 radical (unpaired) electrons. The lowest BCUT2D eigenvalue weighted by atomic mass is 9.73. The number of cyclic esters (lactones) is 1. The van der Waals surface area contributed by atoms with Crippen LogP contribution in [-0.2, 0) is 57.3 Å². The van der Waals surface area contributed by atoms with Crippen molar-refractivity contribution in [3.05, 3.63) is 0 Å². The predicted molar refractivity (Wildman–Crippen MR) is 203 cm³/mol. The molecule has 0 aromatic rings. The first-order valence-corrected chi connectivity index (χ1v) is 21.0. The van der Waals surface area contributed by atoms with Gasteiger partial charge in [-0.25, -0.2) is 4.18 Å². The minimum atomic E-state index is -4.93. The lowest BCUT2D eigenvalue weighted by molar-refractivity contribution is -0.319. The van der Waals surface area contributed by atoms with Crippen LogP contribution in [0.3, 0.4) is 0 Å². The summed E-state index contributed by atoms with van der Waals surface area (Å²) in [5.74, 6) is -5.62. The summed E-state index contributed by atoms with van der Waals surface area (Å²) in [4.78, 5) is 30.3. The normalized spacial score (nSPS) is 46.1. The maximum atomic E-state index is 14.4. The molecular formula is C38H69NO17S. The monoisotopic (exact) mass is 843 g/mol. The lowest BCUT2D eigenvalue weighted by Gasteiger charge is -2.50. The molecule has 3 rings (SSSR count). The molecule has 3 heterocycles. The zero-order valence-corrected chi connectivity index (χ0v) is 36.5. The molecule has 0 bridgehead atoms. The fourth-order valence-corrected chi connectivity index (χ4v) is 9.01. The van der Waals surface area contributed by atoms with Crippen molar-refractivity contribution in [2.45, 2.75) is 172 Å². The van der Waals surface area contributed by atoms with Crippen molar-refractivity contribution >= 4 is 22.2 Å². The van der Waals surface area contributed by atoms with Crippen LogP contribution >= 0.6 is 0 Å². The van der Waals surface area contributed by atoms with Crippen LogP contribution in [-0.4, -0.2) is 169 Å². The van der Waals surface area contributed by atoms with E-state index in [2.05, 4.69) is 4.18 Å². The molecule has 0 aromatic carbocycles. The molecule has 0 aliphatic carbocycles. The van der Waals surface area contributed by atoms with Crippen LogP contribution in [0, 0.1) is 23.7 Å². The molecule has 57 heavy (non-hydrogen) atoms. The number of aliphatic hydroxyl groups is 4. The molecule has 3 aliphatic rings. The number of likely N-dealkylation sites (N-methyl/N-ethyl adjacent to an activating group) is 1. The first kappa shape index (κ1) is 49.9. The molecule has 334 valence electrons.